The second kappa shape index (κ2) is 6.00. The van der Waals surface area contributed by atoms with Crippen molar-refractivity contribution in [1.82, 2.24) is 0 Å². The molecule has 102 valence electrons. The molecule has 0 saturated heterocycles. The Labute approximate surface area is 129 Å². The number of carbonyl (C=O) groups excluding carboxylic acids is 1. The zero-order chi connectivity index (χ0) is 14.7. The van der Waals surface area contributed by atoms with Gasteiger partial charge in [0.1, 0.15) is 0 Å². The number of nitro benzene ring substituents is 1. The first-order valence-corrected chi connectivity index (χ1v) is 6.87. The number of aryl methyl sites for hydroxylation is 1. The van der Waals surface area contributed by atoms with E-state index in [9.17, 15) is 14.9 Å². The second-order valence-corrected chi connectivity index (χ2v) is 5.47. The fraction of sp³-hybridized carbons (Fsp3) is 0.0714. The lowest BCUT2D eigenvalue weighted by atomic mass is 10.1. The van der Waals surface area contributed by atoms with Crippen molar-refractivity contribution in [3.63, 3.8) is 0 Å². The first kappa shape index (κ1) is 14.4. The van der Waals surface area contributed by atoms with Crippen LogP contribution in [-0.2, 0) is 0 Å². The van der Waals surface area contributed by atoms with Crippen LogP contribution < -0.4 is 5.32 Å². The third kappa shape index (κ3) is 3.32. The fourth-order valence-corrected chi connectivity index (χ4v) is 2.10. The van der Waals surface area contributed by atoms with Gasteiger partial charge in [-0.1, -0.05) is 0 Å². The summed E-state index contributed by atoms with van der Waals surface area (Å²) in [6.07, 6.45) is 0. The summed E-state index contributed by atoms with van der Waals surface area (Å²) in [5.74, 6) is -0.288. The quantitative estimate of drug-likeness (QED) is 0.499. The summed E-state index contributed by atoms with van der Waals surface area (Å²) < 4.78 is 1.08. The van der Waals surface area contributed by atoms with Gasteiger partial charge < -0.3 is 5.32 Å². The van der Waals surface area contributed by atoms with E-state index in [0.717, 1.165) is 3.57 Å². The summed E-state index contributed by atoms with van der Waals surface area (Å²) >= 11 is 2.18. The van der Waals surface area contributed by atoms with Gasteiger partial charge in [0, 0.05) is 26.5 Å². The highest BCUT2D eigenvalue weighted by atomic mass is 127. The number of benzene rings is 2. The third-order valence-corrected chi connectivity index (χ3v) is 3.48. The molecule has 2 rings (SSSR count). The lowest BCUT2D eigenvalue weighted by Crippen LogP contribution is -2.12. The topological polar surface area (TPSA) is 72.2 Å². The number of nitrogens with zero attached hydrogens (tertiary/aromatic N) is 1. The van der Waals surface area contributed by atoms with Crippen molar-refractivity contribution in [2.24, 2.45) is 0 Å². The van der Waals surface area contributed by atoms with Gasteiger partial charge in [-0.25, -0.2) is 0 Å². The van der Waals surface area contributed by atoms with E-state index in [4.69, 9.17) is 0 Å². The van der Waals surface area contributed by atoms with Crippen LogP contribution >= 0.6 is 22.6 Å². The Bertz CT molecular complexity index is 669. The molecule has 2 aromatic rings. The lowest BCUT2D eigenvalue weighted by Gasteiger charge is -2.06. The van der Waals surface area contributed by atoms with Crippen LogP contribution in [0.25, 0.3) is 0 Å². The van der Waals surface area contributed by atoms with Gasteiger partial charge in [0.25, 0.3) is 11.6 Å². The van der Waals surface area contributed by atoms with Crippen molar-refractivity contribution in [2.75, 3.05) is 5.32 Å². The van der Waals surface area contributed by atoms with Crippen LogP contribution in [0.15, 0.2) is 42.5 Å². The molecule has 0 unspecified atom stereocenters. The van der Waals surface area contributed by atoms with Crippen molar-refractivity contribution in [2.45, 2.75) is 6.92 Å². The van der Waals surface area contributed by atoms with Crippen LogP contribution in [0.4, 0.5) is 11.4 Å². The molecule has 2 aromatic carbocycles. The summed E-state index contributed by atoms with van der Waals surface area (Å²) in [7, 11) is 0. The summed E-state index contributed by atoms with van der Waals surface area (Å²) in [6.45, 7) is 1.61. The predicted octanol–water partition coefficient (Wildman–Crippen LogP) is 3.76. The summed E-state index contributed by atoms with van der Waals surface area (Å²) in [6, 6.07) is 11.7. The SMILES string of the molecule is Cc1cc(C(=O)Nc2ccc(I)cc2)ccc1[N+](=O)[O-]. The molecule has 0 fully saturated rings. The van der Waals surface area contributed by atoms with Gasteiger partial charge in [0.05, 0.1) is 4.92 Å². The normalized spacial score (nSPS) is 10.1. The molecule has 6 heteroatoms. The number of halogens is 1. The summed E-state index contributed by atoms with van der Waals surface area (Å²) in [5, 5.41) is 13.5. The Morgan fingerprint density at radius 1 is 1.20 bits per heavy atom. The monoisotopic (exact) mass is 382 g/mol. The number of rotatable bonds is 3. The zero-order valence-corrected chi connectivity index (χ0v) is 12.7. The lowest BCUT2D eigenvalue weighted by molar-refractivity contribution is -0.385. The first-order valence-electron chi connectivity index (χ1n) is 5.79. The van der Waals surface area contributed by atoms with E-state index in [0.29, 0.717) is 16.8 Å². The molecule has 1 N–H and O–H groups in total. The smallest absolute Gasteiger partial charge is 0.272 e. The van der Waals surface area contributed by atoms with Crippen LogP contribution in [0.1, 0.15) is 15.9 Å². The maximum atomic E-state index is 12.0. The van der Waals surface area contributed by atoms with Crippen LogP contribution in [-0.4, -0.2) is 10.8 Å². The van der Waals surface area contributed by atoms with Gasteiger partial charge in [-0.05, 0) is 65.9 Å². The molecule has 0 aliphatic carbocycles. The van der Waals surface area contributed by atoms with Crippen molar-refractivity contribution >= 4 is 39.9 Å². The first-order chi connectivity index (χ1) is 9.47. The molecule has 1 amide bonds. The Morgan fingerprint density at radius 3 is 2.40 bits per heavy atom. The molecular formula is C14H11IN2O3. The largest absolute Gasteiger partial charge is 0.322 e. The van der Waals surface area contributed by atoms with Crippen molar-refractivity contribution in [1.29, 1.82) is 0 Å². The highest BCUT2D eigenvalue weighted by Gasteiger charge is 2.13. The van der Waals surface area contributed by atoms with Gasteiger partial charge in [-0.3, -0.25) is 14.9 Å². The molecule has 0 aliphatic heterocycles. The average molecular weight is 382 g/mol. The van der Waals surface area contributed by atoms with Crippen LogP contribution in [0, 0.1) is 20.6 Å². The van der Waals surface area contributed by atoms with E-state index in [1.54, 1.807) is 19.1 Å². The molecule has 0 spiro atoms. The molecule has 0 radical (unpaired) electrons. The summed E-state index contributed by atoms with van der Waals surface area (Å²) in [4.78, 5) is 22.3. The number of nitrogens with one attached hydrogen (secondary N) is 1. The molecule has 0 atom stereocenters. The highest BCUT2D eigenvalue weighted by molar-refractivity contribution is 14.1. The minimum atomic E-state index is -0.462. The molecule has 0 aliphatic rings. The second-order valence-electron chi connectivity index (χ2n) is 4.22. The summed E-state index contributed by atoms with van der Waals surface area (Å²) in [5.41, 5.74) is 1.55. The van der Waals surface area contributed by atoms with Crippen molar-refractivity contribution in [3.05, 3.63) is 67.3 Å². The van der Waals surface area contributed by atoms with E-state index in [1.165, 1.54) is 18.2 Å². The minimum Gasteiger partial charge on any atom is -0.322 e. The molecule has 0 aromatic heterocycles. The highest BCUT2D eigenvalue weighted by Crippen LogP contribution is 2.20. The van der Waals surface area contributed by atoms with E-state index in [1.807, 2.05) is 12.1 Å². The molecular weight excluding hydrogens is 371 g/mol. The van der Waals surface area contributed by atoms with Crippen molar-refractivity contribution in [3.8, 4) is 0 Å². The molecule has 20 heavy (non-hydrogen) atoms. The van der Waals surface area contributed by atoms with Crippen LogP contribution in [0.3, 0.4) is 0 Å². The van der Waals surface area contributed by atoms with Gasteiger partial charge in [0.15, 0.2) is 0 Å². The van der Waals surface area contributed by atoms with E-state index in [2.05, 4.69) is 27.9 Å². The zero-order valence-electron chi connectivity index (χ0n) is 10.6. The van der Waals surface area contributed by atoms with Gasteiger partial charge >= 0.3 is 0 Å². The number of anilines is 1. The van der Waals surface area contributed by atoms with Gasteiger partial charge in [-0.15, -0.1) is 0 Å². The number of nitro groups is 1. The standard InChI is InChI=1S/C14H11IN2O3/c1-9-8-10(2-7-13(9)17(19)20)14(18)16-12-5-3-11(15)4-6-12/h2-8H,1H3,(H,16,18). The maximum Gasteiger partial charge on any atom is 0.272 e. The maximum absolute atomic E-state index is 12.0. The number of carbonyl (C=O) groups is 1. The molecule has 0 bridgehead atoms. The Kier molecular flexibility index (Phi) is 4.33. The average Bonchev–Trinajstić information content (AvgIpc) is 2.40. The fourth-order valence-electron chi connectivity index (χ4n) is 1.74. The Hall–Kier alpha value is -1.96. The van der Waals surface area contributed by atoms with Gasteiger partial charge in [0.2, 0.25) is 0 Å². The molecule has 0 saturated carbocycles. The Balaban J connectivity index is 2.19. The number of hydrogen-bond donors (Lipinski definition) is 1. The minimum absolute atomic E-state index is 0.0100. The van der Waals surface area contributed by atoms with Gasteiger partial charge in [-0.2, -0.15) is 0 Å². The van der Waals surface area contributed by atoms with Crippen LogP contribution in [0.2, 0.25) is 0 Å². The van der Waals surface area contributed by atoms with Crippen molar-refractivity contribution < 1.29 is 9.72 Å². The van der Waals surface area contributed by atoms with Crippen LogP contribution in [0.5, 0.6) is 0 Å². The Morgan fingerprint density at radius 2 is 1.85 bits per heavy atom. The van der Waals surface area contributed by atoms with E-state index < -0.39 is 4.92 Å². The predicted molar refractivity (Wildman–Crippen MR) is 84.9 cm³/mol. The molecule has 0 heterocycles. The number of hydrogen-bond acceptors (Lipinski definition) is 3. The van der Waals surface area contributed by atoms with E-state index >= 15 is 0 Å². The van der Waals surface area contributed by atoms with E-state index in [-0.39, 0.29) is 11.6 Å². The molecule has 5 nitrogen and oxygen atoms in total. The number of amides is 1. The third-order valence-electron chi connectivity index (χ3n) is 2.76.